The zero-order valence-electron chi connectivity index (χ0n) is 12.8. The number of aryl methyl sites for hydroxylation is 2. The summed E-state index contributed by atoms with van der Waals surface area (Å²) < 4.78 is 0. The Hall–Kier alpha value is -1.20. The van der Waals surface area contributed by atoms with Gasteiger partial charge in [0.05, 0.1) is 12.0 Å². The van der Waals surface area contributed by atoms with Crippen LogP contribution in [0.2, 0.25) is 0 Å². The molecule has 114 valence electrons. The van der Waals surface area contributed by atoms with Gasteiger partial charge in [-0.25, -0.2) is 9.97 Å². The summed E-state index contributed by atoms with van der Waals surface area (Å²) in [5.74, 6) is 0.917. The normalized spacial score (nSPS) is 18.0. The van der Waals surface area contributed by atoms with Crippen molar-refractivity contribution in [3.8, 4) is 0 Å². The Labute approximate surface area is 129 Å². The molecule has 5 heteroatoms. The Morgan fingerprint density at radius 2 is 2.00 bits per heavy atom. The summed E-state index contributed by atoms with van der Waals surface area (Å²) >= 11 is 1.72. The van der Waals surface area contributed by atoms with E-state index in [-0.39, 0.29) is 12.0 Å². The lowest BCUT2D eigenvalue weighted by Crippen LogP contribution is -2.35. The molecule has 2 aromatic rings. The lowest BCUT2D eigenvalue weighted by molar-refractivity contribution is 0.0943. The molecule has 2 heterocycles. The predicted molar refractivity (Wildman–Crippen MR) is 88.0 cm³/mol. The minimum Gasteiger partial charge on any atom is -0.396 e. The number of anilines is 1. The van der Waals surface area contributed by atoms with E-state index < -0.39 is 0 Å². The van der Waals surface area contributed by atoms with Crippen molar-refractivity contribution in [2.24, 2.45) is 5.41 Å². The first kappa shape index (κ1) is 14.7. The van der Waals surface area contributed by atoms with E-state index in [2.05, 4.69) is 29.1 Å². The number of hydrogen-bond acceptors (Lipinski definition) is 5. The van der Waals surface area contributed by atoms with Crippen LogP contribution in [-0.4, -0.2) is 28.2 Å². The van der Waals surface area contributed by atoms with Crippen molar-refractivity contribution >= 4 is 27.4 Å². The van der Waals surface area contributed by atoms with Crippen LogP contribution in [0.15, 0.2) is 6.33 Å². The maximum Gasteiger partial charge on any atom is 0.138 e. The number of aliphatic hydroxyl groups excluding tert-OH is 1. The molecular weight excluding hydrogens is 282 g/mol. The number of hydrogen-bond donors (Lipinski definition) is 2. The third-order valence-corrected chi connectivity index (χ3v) is 5.96. The molecule has 0 aliphatic heterocycles. The van der Waals surface area contributed by atoms with Crippen LogP contribution in [0.5, 0.6) is 0 Å². The third kappa shape index (κ3) is 2.77. The van der Waals surface area contributed by atoms with Gasteiger partial charge in [0.2, 0.25) is 0 Å². The lowest BCUT2D eigenvalue weighted by Gasteiger charge is -2.35. The van der Waals surface area contributed by atoms with Gasteiger partial charge >= 0.3 is 0 Å². The van der Waals surface area contributed by atoms with Crippen molar-refractivity contribution in [3.05, 3.63) is 16.8 Å². The minimum absolute atomic E-state index is 0.0223. The summed E-state index contributed by atoms with van der Waals surface area (Å²) in [6, 6.07) is 0. The van der Waals surface area contributed by atoms with E-state index in [1.807, 2.05) is 0 Å². The summed E-state index contributed by atoms with van der Waals surface area (Å²) in [7, 11) is 0. The van der Waals surface area contributed by atoms with Gasteiger partial charge in [0.15, 0.2) is 0 Å². The van der Waals surface area contributed by atoms with Crippen LogP contribution in [0.1, 0.15) is 42.5 Å². The number of nitrogens with zero attached hydrogens (tertiary/aromatic N) is 2. The van der Waals surface area contributed by atoms with Gasteiger partial charge in [0.25, 0.3) is 0 Å². The zero-order chi connectivity index (χ0) is 14.9. The van der Waals surface area contributed by atoms with Crippen molar-refractivity contribution in [2.45, 2.75) is 46.0 Å². The maximum atomic E-state index is 9.82. The van der Waals surface area contributed by atoms with Crippen LogP contribution in [0, 0.1) is 19.3 Å². The van der Waals surface area contributed by atoms with Crippen LogP contribution >= 0.6 is 11.3 Å². The van der Waals surface area contributed by atoms with E-state index in [4.69, 9.17) is 0 Å². The highest BCUT2D eigenvalue weighted by atomic mass is 32.1. The quantitative estimate of drug-likeness (QED) is 0.905. The fraction of sp³-hybridized carbons (Fsp3) is 0.625. The summed E-state index contributed by atoms with van der Waals surface area (Å²) in [5, 5.41) is 14.5. The number of aromatic nitrogens is 2. The maximum absolute atomic E-state index is 9.82. The fourth-order valence-corrected chi connectivity index (χ4v) is 4.28. The van der Waals surface area contributed by atoms with Gasteiger partial charge in [0.1, 0.15) is 17.0 Å². The second kappa shape index (κ2) is 5.89. The Morgan fingerprint density at radius 3 is 2.71 bits per heavy atom. The molecule has 1 aliphatic carbocycles. The topological polar surface area (TPSA) is 58.0 Å². The first-order chi connectivity index (χ1) is 10.2. The number of aliphatic hydroxyl groups is 1. The second-order valence-corrected chi connectivity index (χ2v) is 7.46. The summed E-state index contributed by atoms with van der Waals surface area (Å²) in [4.78, 5) is 11.1. The molecule has 1 saturated carbocycles. The molecule has 3 rings (SSSR count). The molecule has 2 N–H and O–H groups in total. The van der Waals surface area contributed by atoms with Crippen molar-refractivity contribution in [1.29, 1.82) is 0 Å². The average Bonchev–Trinajstić information content (AvgIpc) is 2.82. The molecule has 0 amide bonds. The molecule has 21 heavy (non-hydrogen) atoms. The molecular formula is C16H23N3OS. The highest BCUT2D eigenvalue weighted by Gasteiger charge is 2.31. The first-order valence-electron chi connectivity index (χ1n) is 7.71. The van der Waals surface area contributed by atoms with E-state index in [9.17, 15) is 5.11 Å². The van der Waals surface area contributed by atoms with Crippen LogP contribution in [0.25, 0.3) is 10.2 Å². The summed E-state index contributed by atoms with van der Waals surface area (Å²) in [6.45, 7) is 5.31. The van der Waals surface area contributed by atoms with Gasteiger partial charge in [-0.3, -0.25) is 0 Å². The van der Waals surface area contributed by atoms with Crippen LogP contribution < -0.4 is 5.32 Å². The van der Waals surface area contributed by atoms with Gasteiger partial charge in [-0.1, -0.05) is 19.3 Å². The summed E-state index contributed by atoms with van der Waals surface area (Å²) in [6.07, 6.45) is 7.57. The van der Waals surface area contributed by atoms with Crippen molar-refractivity contribution in [2.75, 3.05) is 18.5 Å². The van der Waals surface area contributed by atoms with E-state index in [0.717, 1.165) is 35.4 Å². The molecule has 0 radical (unpaired) electrons. The predicted octanol–water partition coefficient (Wildman–Crippen LogP) is 3.66. The standard InChI is InChI=1S/C16H23N3OS/c1-11-12(2)21-15-13(11)14(18-10-19-15)17-8-16(9-20)6-4-3-5-7-16/h10,20H,3-9H2,1-2H3,(H,17,18,19). The van der Waals surface area contributed by atoms with Gasteiger partial charge in [0, 0.05) is 16.8 Å². The third-order valence-electron chi connectivity index (χ3n) is 4.85. The molecule has 0 bridgehead atoms. The molecule has 4 nitrogen and oxygen atoms in total. The molecule has 0 unspecified atom stereocenters. The Balaban J connectivity index is 1.85. The molecule has 0 saturated heterocycles. The number of rotatable bonds is 4. The van der Waals surface area contributed by atoms with Crippen molar-refractivity contribution in [3.63, 3.8) is 0 Å². The highest BCUT2D eigenvalue weighted by Crippen LogP contribution is 2.37. The Kier molecular flexibility index (Phi) is 4.13. The number of nitrogens with one attached hydrogen (secondary N) is 1. The highest BCUT2D eigenvalue weighted by molar-refractivity contribution is 7.18. The SMILES string of the molecule is Cc1sc2ncnc(NCC3(CO)CCCCC3)c2c1C. The number of thiophene rings is 1. The van der Waals surface area contributed by atoms with Gasteiger partial charge in [-0.05, 0) is 32.3 Å². The van der Waals surface area contributed by atoms with E-state index in [1.165, 1.54) is 29.7 Å². The van der Waals surface area contributed by atoms with E-state index in [1.54, 1.807) is 17.7 Å². The largest absolute Gasteiger partial charge is 0.396 e. The van der Waals surface area contributed by atoms with Gasteiger partial charge in [-0.15, -0.1) is 11.3 Å². The first-order valence-corrected chi connectivity index (χ1v) is 8.52. The van der Waals surface area contributed by atoms with Crippen molar-refractivity contribution < 1.29 is 5.11 Å². The molecule has 0 aromatic carbocycles. The Morgan fingerprint density at radius 1 is 1.24 bits per heavy atom. The zero-order valence-corrected chi connectivity index (χ0v) is 13.6. The molecule has 1 fully saturated rings. The fourth-order valence-electron chi connectivity index (χ4n) is 3.28. The van der Waals surface area contributed by atoms with Crippen LogP contribution in [0.3, 0.4) is 0 Å². The minimum atomic E-state index is 0.0223. The van der Waals surface area contributed by atoms with Crippen LogP contribution in [-0.2, 0) is 0 Å². The molecule has 1 aliphatic rings. The van der Waals surface area contributed by atoms with E-state index in [0.29, 0.717) is 0 Å². The molecule has 0 atom stereocenters. The smallest absolute Gasteiger partial charge is 0.138 e. The second-order valence-electron chi connectivity index (χ2n) is 6.26. The van der Waals surface area contributed by atoms with Gasteiger partial charge in [-0.2, -0.15) is 0 Å². The van der Waals surface area contributed by atoms with Gasteiger partial charge < -0.3 is 10.4 Å². The molecule has 0 spiro atoms. The lowest BCUT2D eigenvalue weighted by atomic mass is 9.74. The monoisotopic (exact) mass is 305 g/mol. The number of fused-ring (bicyclic) bond motifs is 1. The summed E-state index contributed by atoms with van der Waals surface area (Å²) in [5.41, 5.74) is 1.29. The average molecular weight is 305 g/mol. The molecule has 2 aromatic heterocycles. The van der Waals surface area contributed by atoms with Crippen molar-refractivity contribution in [1.82, 2.24) is 9.97 Å². The van der Waals surface area contributed by atoms with Crippen LogP contribution in [0.4, 0.5) is 5.82 Å². The Bertz CT molecular complexity index is 632. The van der Waals surface area contributed by atoms with E-state index >= 15 is 0 Å².